The van der Waals surface area contributed by atoms with Crippen LogP contribution in [0.3, 0.4) is 0 Å². The van der Waals surface area contributed by atoms with Crippen LogP contribution in [0.5, 0.6) is 0 Å². The van der Waals surface area contributed by atoms with Crippen LogP contribution in [-0.4, -0.2) is 17.0 Å². The molecular formula is C18H18N2O3S. The molecule has 0 unspecified atom stereocenters. The van der Waals surface area contributed by atoms with Gasteiger partial charge in [-0.05, 0) is 49.5 Å². The number of anilines is 1. The fourth-order valence-corrected chi connectivity index (χ4v) is 5.74. The summed E-state index contributed by atoms with van der Waals surface area (Å²) in [5, 5.41) is 22.5. The van der Waals surface area contributed by atoms with Gasteiger partial charge in [0.2, 0.25) is 5.91 Å². The molecule has 24 heavy (non-hydrogen) atoms. The van der Waals surface area contributed by atoms with Crippen molar-refractivity contribution in [2.45, 2.75) is 32.1 Å². The average Bonchev–Trinajstić information content (AvgIpc) is 3.15. The molecule has 1 fully saturated rings. The molecule has 5 nitrogen and oxygen atoms in total. The lowest BCUT2D eigenvalue weighted by Crippen LogP contribution is -2.47. The Bertz CT molecular complexity index is 789. The Morgan fingerprint density at radius 3 is 2.54 bits per heavy atom. The zero-order valence-electron chi connectivity index (χ0n) is 13.1. The number of amides is 1. The molecule has 1 saturated carbocycles. The first-order valence-corrected chi connectivity index (χ1v) is 9.18. The highest BCUT2D eigenvalue weighted by Crippen LogP contribution is 2.46. The molecule has 4 atom stereocenters. The van der Waals surface area contributed by atoms with Gasteiger partial charge >= 0.3 is 5.97 Å². The fraction of sp³-hybridized carbons (Fsp3) is 0.500. The van der Waals surface area contributed by atoms with Crippen LogP contribution in [-0.2, 0) is 22.4 Å². The van der Waals surface area contributed by atoms with Gasteiger partial charge in [0.25, 0.3) is 0 Å². The number of allylic oxidation sites excluding steroid dienone is 2. The first-order chi connectivity index (χ1) is 11.6. The number of carboxylic acid groups (broad SMARTS) is 1. The van der Waals surface area contributed by atoms with Crippen LogP contribution in [0.25, 0.3) is 0 Å². The lowest BCUT2D eigenvalue weighted by atomic mass is 9.62. The van der Waals surface area contributed by atoms with E-state index in [-0.39, 0.29) is 17.7 Å². The summed E-state index contributed by atoms with van der Waals surface area (Å²) < 4.78 is 0. The highest BCUT2D eigenvalue weighted by Gasteiger charge is 2.48. The van der Waals surface area contributed by atoms with Crippen molar-refractivity contribution in [3.8, 4) is 6.07 Å². The maximum atomic E-state index is 12.9. The minimum Gasteiger partial charge on any atom is -0.481 e. The summed E-state index contributed by atoms with van der Waals surface area (Å²) in [4.78, 5) is 25.7. The molecule has 0 saturated heterocycles. The molecule has 1 aromatic rings. The molecule has 4 aliphatic carbocycles. The van der Waals surface area contributed by atoms with Crippen molar-refractivity contribution in [3.63, 3.8) is 0 Å². The number of thiophene rings is 1. The van der Waals surface area contributed by atoms with E-state index in [1.54, 1.807) is 0 Å². The van der Waals surface area contributed by atoms with Crippen LogP contribution in [0, 0.1) is 35.0 Å². The Balaban J connectivity index is 1.62. The van der Waals surface area contributed by atoms with Gasteiger partial charge in [-0.15, -0.1) is 11.3 Å². The molecule has 1 heterocycles. The van der Waals surface area contributed by atoms with Crippen molar-refractivity contribution >= 4 is 28.2 Å². The van der Waals surface area contributed by atoms with Crippen molar-refractivity contribution in [1.82, 2.24) is 0 Å². The smallest absolute Gasteiger partial charge is 0.307 e. The fourth-order valence-electron chi connectivity index (χ4n) is 4.49. The first kappa shape index (κ1) is 15.4. The van der Waals surface area contributed by atoms with Gasteiger partial charge in [0, 0.05) is 4.88 Å². The van der Waals surface area contributed by atoms with E-state index in [0.717, 1.165) is 37.7 Å². The van der Waals surface area contributed by atoms with E-state index in [1.165, 1.54) is 16.2 Å². The molecule has 0 aromatic carbocycles. The van der Waals surface area contributed by atoms with Crippen molar-refractivity contribution in [2.75, 3.05) is 5.32 Å². The third-order valence-corrected chi connectivity index (χ3v) is 6.81. The van der Waals surface area contributed by atoms with Crippen LogP contribution in [0.2, 0.25) is 0 Å². The van der Waals surface area contributed by atoms with E-state index in [9.17, 15) is 20.0 Å². The summed E-state index contributed by atoms with van der Waals surface area (Å²) in [6.45, 7) is 0. The predicted molar refractivity (Wildman–Crippen MR) is 89.7 cm³/mol. The van der Waals surface area contributed by atoms with Crippen LogP contribution in [0.15, 0.2) is 12.2 Å². The number of carbonyl (C=O) groups is 2. The third kappa shape index (κ3) is 2.27. The molecule has 0 aliphatic heterocycles. The molecule has 0 radical (unpaired) electrons. The number of nitrogens with one attached hydrogen (secondary N) is 1. The number of hydrogen-bond donors (Lipinski definition) is 2. The van der Waals surface area contributed by atoms with Gasteiger partial charge in [0.15, 0.2) is 0 Å². The van der Waals surface area contributed by atoms with Gasteiger partial charge in [-0.3, -0.25) is 9.59 Å². The molecule has 2 N–H and O–H groups in total. The van der Waals surface area contributed by atoms with Crippen LogP contribution >= 0.6 is 11.3 Å². The zero-order valence-corrected chi connectivity index (χ0v) is 13.9. The summed E-state index contributed by atoms with van der Waals surface area (Å²) in [6.07, 6.45) is 8.54. The van der Waals surface area contributed by atoms with Crippen molar-refractivity contribution < 1.29 is 14.7 Å². The number of aliphatic carboxylic acids is 1. The number of nitrogens with zero attached hydrogens (tertiary/aromatic N) is 1. The highest BCUT2D eigenvalue weighted by molar-refractivity contribution is 7.16. The second-order valence-electron chi connectivity index (χ2n) is 6.84. The maximum Gasteiger partial charge on any atom is 0.307 e. The molecule has 6 heteroatoms. The maximum absolute atomic E-state index is 12.9. The normalized spacial score (nSPS) is 30.0. The lowest BCUT2D eigenvalue weighted by molar-refractivity contribution is -0.151. The van der Waals surface area contributed by atoms with Gasteiger partial charge in [0.05, 0.1) is 17.4 Å². The van der Waals surface area contributed by atoms with Gasteiger partial charge < -0.3 is 10.4 Å². The molecule has 1 aromatic heterocycles. The molecule has 124 valence electrons. The van der Waals surface area contributed by atoms with E-state index in [0.29, 0.717) is 10.6 Å². The number of nitriles is 1. The van der Waals surface area contributed by atoms with E-state index >= 15 is 0 Å². The van der Waals surface area contributed by atoms with Crippen molar-refractivity contribution in [1.29, 1.82) is 5.26 Å². The zero-order chi connectivity index (χ0) is 16.8. The van der Waals surface area contributed by atoms with E-state index in [4.69, 9.17) is 0 Å². The summed E-state index contributed by atoms with van der Waals surface area (Å²) in [5.41, 5.74) is 1.64. The summed E-state index contributed by atoms with van der Waals surface area (Å²) in [7, 11) is 0. The van der Waals surface area contributed by atoms with Gasteiger partial charge in [-0.1, -0.05) is 12.2 Å². The summed E-state index contributed by atoms with van der Waals surface area (Å²) in [5.74, 6) is -2.44. The monoisotopic (exact) mass is 342 g/mol. The van der Waals surface area contributed by atoms with Crippen LogP contribution in [0.1, 0.15) is 35.3 Å². The minimum absolute atomic E-state index is 0.0200. The third-order valence-electron chi connectivity index (χ3n) is 5.61. The van der Waals surface area contributed by atoms with Crippen LogP contribution < -0.4 is 5.32 Å². The molecule has 5 rings (SSSR count). The Labute approximate surface area is 144 Å². The average molecular weight is 342 g/mol. The van der Waals surface area contributed by atoms with Gasteiger partial charge in [-0.2, -0.15) is 5.26 Å². The van der Waals surface area contributed by atoms with Gasteiger partial charge in [-0.25, -0.2) is 0 Å². The Kier molecular flexibility index (Phi) is 3.69. The summed E-state index contributed by atoms with van der Waals surface area (Å²) >= 11 is 1.48. The first-order valence-electron chi connectivity index (χ1n) is 8.36. The van der Waals surface area contributed by atoms with Crippen molar-refractivity contribution in [3.05, 3.63) is 28.2 Å². The molecular weight excluding hydrogens is 324 g/mol. The Morgan fingerprint density at radius 2 is 1.92 bits per heavy atom. The standard InChI is InChI=1S/C18H18N2O3S/c19-8-12-11-2-1-3-13(11)24-17(12)20-16(21)14-9-4-6-10(7-5-9)15(14)18(22)23/h4,6,9-10,14-15H,1-3,5,7H2,(H,20,21)(H,22,23)/t9-,10-,14-,15+/m0/s1. The number of aryl methyl sites for hydroxylation is 1. The second kappa shape index (κ2) is 5.75. The Hall–Kier alpha value is -2.13. The van der Waals surface area contributed by atoms with Crippen molar-refractivity contribution in [2.24, 2.45) is 23.7 Å². The molecule has 4 aliphatic rings. The number of carbonyl (C=O) groups excluding carboxylic acids is 1. The molecule has 0 spiro atoms. The highest BCUT2D eigenvalue weighted by atomic mass is 32.1. The number of carboxylic acids is 1. The van der Waals surface area contributed by atoms with E-state index in [2.05, 4.69) is 11.4 Å². The topological polar surface area (TPSA) is 90.2 Å². The van der Waals surface area contributed by atoms with Gasteiger partial charge in [0.1, 0.15) is 11.1 Å². The lowest BCUT2D eigenvalue weighted by Gasteiger charge is -2.41. The molecule has 1 amide bonds. The Morgan fingerprint density at radius 1 is 1.21 bits per heavy atom. The second-order valence-corrected chi connectivity index (χ2v) is 7.95. The number of hydrogen-bond acceptors (Lipinski definition) is 4. The summed E-state index contributed by atoms with van der Waals surface area (Å²) in [6, 6.07) is 2.22. The van der Waals surface area contributed by atoms with Crippen LogP contribution in [0.4, 0.5) is 5.00 Å². The minimum atomic E-state index is -0.900. The quantitative estimate of drug-likeness (QED) is 0.826. The predicted octanol–water partition coefficient (Wildman–Crippen LogP) is 2.96. The van der Waals surface area contributed by atoms with E-state index < -0.39 is 17.8 Å². The van der Waals surface area contributed by atoms with E-state index in [1.807, 2.05) is 12.2 Å². The molecule has 2 bridgehead atoms. The number of fused-ring (bicyclic) bond motifs is 3. The number of rotatable bonds is 3. The SMILES string of the molecule is N#Cc1c(NC(=O)[C@@H]2[C@H](C(=O)O)[C@H]3C=C[C@H]2CC3)sc2c1CCC2. The largest absolute Gasteiger partial charge is 0.481 e.